The van der Waals surface area contributed by atoms with Crippen molar-refractivity contribution >= 4 is 28.9 Å². The van der Waals surface area contributed by atoms with Crippen molar-refractivity contribution in [2.45, 2.75) is 26.3 Å². The van der Waals surface area contributed by atoms with E-state index in [1.54, 1.807) is 6.08 Å². The molecule has 3 rings (SSSR count). The Morgan fingerprint density at radius 2 is 1.96 bits per heavy atom. The maximum Gasteiger partial charge on any atom is 0.328 e. The van der Waals surface area contributed by atoms with Crippen molar-refractivity contribution in [1.82, 2.24) is 10.3 Å². The molecule has 5 nitrogen and oxygen atoms in total. The Kier molecular flexibility index (Phi) is 5.94. The second kappa shape index (κ2) is 8.57. The van der Waals surface area contributed by atoms with Crippen LogP contribution in [0.5, 0.6) is 0 Å². The molecule has 0 bridgehead atoms. The molecule has 0 spiro atoms. The van der Waals surface area contributed by atoms with Crippen LogP contribution in [0.4, 0.5) is 0 Å². The third-order valence-electron chi connectivity index (χ3n) is 4.74. The summed E-state index contributed by atoms with van der Waals surface area (Å²) < 4.78 is 4.88. The van der Waals surface area contributed by atoms with Gasteiger partial charge < -0.3 is 15.0 Å². The van der Waals surface area contributed by atoms with E-state index in [0.29, 0.717) is 6.42 Å². The van der Waals surface area contributed by atoms with Gasteiger partial charge in [-0.1, -0.05) is 42.0 Å². The molecule has 0 saturated carbocycles. The number of aryl methyl sites for hydroxylation is 2. The molecule has 0 radical (unpaired) electrons. The number of nitrogens with one attached hydrogen (secondary N) is 2. The van der Waals surface area contributed by atoms with Crippen LogP contribution in [0.1, 0.15) is 22.3 Å². The molecule has 1 atom stereocenters. The summed E-state index contributed by atoms with van der Waals surface area (Å²) >= 11 is 0. The number of hydrogen-bond donors (Lipinski definition) is 2. The summed E-state index contributed by atoms with van der Waals surface area (Å²) in [6, 6.07) is 13.1. The van der Waals surface area contributed by atoms with Crippen molar-refractivity contribution < 1.29 is 14.3 Å². The van der Waals surface area contributed by atoms with Gasteiger partial charge in [0.2, 0.25) is 5.91 Å². The number of amides is 1. The zero-order valence-corrected chi connectivity index (χ0v) is 16.3. The van der Waals surface area contributed by atoms with Crippen LogP contribution in [0.2, 0.25) is 0 Å². The smallest absolute Gasteiger partial charge is 0.328 e. The number of rotatable bonds is 6. The fourth-order valence-electron chi connectivity index (χ4n) is 3.25. The summed E-state index contributed by atoms with van der Waals surface area (Å²) in [5.74, 6) is -0.811. The van der Waals surface area contributed by atoms with Crippen LogP contribution < -0.4 is 5.32 Å². The lowest BCUT2D eigenvalue weighted by Gasteiger charge is -2.15. The fraction of sp³-hybridized carbons (Fsp3) is 0.217. The molecule has 1 heterocycles. The van der Waals surface area contributed by atoms with Gasteiger partial charge >= 0.3 is 5.97 Å². The van der Waals surface area contributed by atoms with Gasteiger partial charge in [-0.3, -0.25) is 4.79 Å². The molecule has 2 N–H and O–H groups in total. The minimum atomic E-state index is -0.763. The van der Waals surface area contributed by atoms with Crippen molar-refractivity contribution in [2.75, 3.05) is 7.11 Å². The molecule has 0 aliphatic heterocycles. The first-order valence-electron chi connectivity index (χ1n) is 9.16. The fourth-order valence-corrected chi connectivity index (χ4v) is 3.25. The zero-order valence-electron chi connectivity index (χ0n) is 16.3. The van der Waals surface area contributed by atoms with Gasteiger partial charge in [-0.05, 0) is 42.7 Å². The summed E-state index contributed by atoms with van der Waals surface area (Å²) in [7, 11) is 1.32. The van der Waals surface area contributed by atoms with Crippen molar-refractivity contribution in [3.63, 3.8) is 0 Å². The Morgan fingerprint density at radius 1 is 1.18 bits per heavy atom. The molecular formula is C23H24N2O3. The number of methoxy groups -OCH3 is 1. The first kappa shape index (κ1) is 19.4. The maximum absolute atomic E-state index is 12.4. The molecule has 2 aromatic carbocycles. The van der Waals surface area contributed by atoms with Gasteiger partial charge in [0.15, 0.2) is 0 Å². The van der Waals surface area contributed by atoms with E-state index in [-0.39, 0.29) is 5.91 Å². The van der Waals surface area contributed by atoms with Crippen molar-refractivity contribution in [3.05, 3.63) is 77.0 Å². The van der Waals surface area contributed by atoms with Crippen molar-refractivity contribution in [1.29, 1.82) is 0 Å². The quantitative estimate of drug-likeness (QED) is 0.509. The van der Waals surface area contributed by atoms with Crippen LogP contribution in [0.3, 0.4) is 0 Å². The number of H-pyrrole nitrogens is 1. The summed E-state index contributed by atoms with van der Waals surface area (Å²) in [5.41, 5.74) is 5.16. The van der Waals surface area contributed by atoms with E-state index in [1.165, 1.54) is 18.7 Å². The number of hydrogen-bond acceptors (Lipinski definition) is 3. The molecular weight excluding hydrogens is 352 g/mol. The third-order valence-corrected chi connectivity index (χ3v) is 4.74. The van der Waals surface area contributed by atoms with Gasteiger partial charge in [-0.15, -0.1) is 0 Å². The van der Waals surface area contributed by atoms with Crippen LogP contribution in [0.15, 0.2) is 54.7 Å². The summed E-state index contributed by atoms with van der Waals surface area (Å²) in [4.78, 5) is 27.8. The Hall–Kier alpha value is -3.34. The topological polar surface area (TPSA) is 71.2 Å². The molecule has 0 fully saturated rings. The molecule has 28 heavy (non-hydrogen) atoms. The van der Waals surface area contributed by atoms with E-state index in [9.17, 15) is 9.59 Å². The molecule has 0 saturated heterocycles. The normalized spacial score (nSPS) is 12.2. The largest absolute Gasteiger partial charge is 0.467 e. The zero-order chi connectivity index (χ0) is 20.1. The average molecular weight is 376 g/mol. The molecule has 144 valence electrons. The number of para-hydroxylation sites is 1. The van der Waals surface area contributed by atoms with Gasteiger partial charge in [-0.25, -0.2) is 4.79 Å². The lowest BCUT2D eigenvalue weighted by Crippen LogP contribution is -2.42. The minimum absolute atomic E-state index is 0.338. The Morgan fingerprint density at radius 3 is 2.71 bits per heavy atom. The average Bonchev–Trinajstić information content (AvgIpc) is 3.09. The van der Waals surface area contributed by atoms with Gasteiger partial charge in [-0.2, -0.15) is 0 Å². The maximum atomic E-state index is 12.4. The summed E-state index contributed by atoms with van der Waals surface area (Å²) in [5, 5.41) is 3.78. The molecule has 1 amide bonds. The molecule has 0 aliphatic rings. The summed E-state index contributed by atoms with van der Waals surface area (Å²) in [6.45, 7) is 4.03. The molecule has 3 aromatic rings. The highest BCUT2D eigenvalue weighted by Crippen LogP contribution is 2.19. The standard InChI is InChI=1S/C23H24N2O3/c1-15-8-9-17(16(2)12-15)10-11-22(26)25-21(23(27)28-3)13-18-14-24-20-7-5-4-6-19(18)20/h4-12,14,21,24H,13H2,1-3H3,(H,25,26)/b11-10+. The van der Waals surface area contributed by atoms with Crippen molar-refractivity contribution in [2.24, 2.45) is 0 Å². The van der Waals surface area contributed by atoms with Crippen LogP contribution in [-0.4, -0.2) is 30.0 Å². The number of carbonyl (C=O) groups is 2. The number of aromatic nitrogens is 1. The SMILES string of the molecule is COC(=O)C(Cc1c[nH]c2ccccc12)NC(=O)/C=C/c1ccc(C)cc1C. The highest BCUT2D eigenvalue weighted by atomic mass is 16.5. The third kappa shape index (κ3) is 4.49. The molecule has 1 unspecified atom stereocenters. The van der Waals surface area contributed by atoms with E-state index in [4.69, 9.17) is 4.74 Å². The van der Waals surface area contributed by atoms with E-state index in [2.05, 4.69) is 16.4 Å². The van der Waals surface area contributed by atoms with Gasteiger partial charge in [0.25, 0.3) is 0 Å². The molecule has 5 heteroatoms. The van der Waals surface area contributed by atoms with Crippen molar-refractivity contribution in [3.8, 4) is 0 Å². The lowest BCUT2D eigenvalue weighted by molar-refractivity contribution is -0.144. The number of esters is 1. The highest BCUT2D eigenvalue weighted by molar-refractivity contribution is 5.95. The van der Waals surface area contributed by atoms with Crippen LogP contribution in [0.25, 0.3) is 17.0 Å². The summed E-state index contributed by atoms with van der Waals surface area (Å²) in [6.07, 6.45) is 5.41. The number of ether oxygens (including phenoxy) is 1. The Bertz CT molecular complexity index is 1030. The Labute approximate surface area is 164 Å². The molecule has 0 aliphatic carbocycles. The van der Waals surface area contributed by atoms with Crippen LogP contribution in [-0.2, 0) is 20.7 Å². The number of carbonyl (C=O) groups excluding carboxylic acids is 2. The minimum Gasteiger partial charge on any atom is -0.467 e. The van der Waals surface area contributed by atoms with E-state index >= 15 is 0 Å². The van der Waals surface area contributed by atoms with Gasteiger partial charge in [0.05, 0.1) is 7.11 Å². The molecule has 1 aromatic heterocycles. The second-order valence-corrected chi connectivity index (χ2v) is 6.84. The van der Waals surface area contributed by atoms with Gasteiger partial charge in [0.1, 0.15) is 6.04 Å². The van der Waals surface area contributed by atoms with E-state index in [1.807, 2.05) is 56.4 Å². The number of fused-ring (bicyclic) bond motifs is 1. The lowest BCUT2D eigenvalue weighted by atomic mass is 10.0. The van der Waals surface area contributed by atoms with Crippen LogP contribution in [0, 0.1) is 13.8 Å². The van der Waals surface area contributed by atoms with E-state index in [0.717, 1.165) is 27.6 Å². The van der Waals surface area contributed by atoms with Crippen LogP contribution >= 0.6 is 0 Å². The number of aromatic amines is 1. The first-order chi connectivity index (χ1) is 13.5. The second-order valence-electron chi connectivity index (χ2n) is 6.84. The first-order valence-corrected chi connectivity index (χ1v) is 9.16. The predicted molar refractivity (Wildman–Crippen MR) is 111 cm³/mol. The Balaban J connectivity index is 1.74. The monoisotopic (exact) mass is 376 g/mol. The predicted octanol–water partition coefficient (Wildman–Crippen LogP) is 3.70. The number of benzene rings is 2. The highest BCUT2D eigenvalue weighted by Gasteiger charge is 2.22. The van der Waals surface area contributed by atoms with Gasteiger partial charge in [0, 0.05) is 29.6 Å². The van der Waals surface area contributed by atoms with E-state index < -0.39 is 12.0 Å².